The molecule has 1 aliphatic carbocycles. The van der Waals surface area contributed by atoms with Gasteiger partial charge in [0.2, 0.25) is 5.91 Å². The van der Waals surface area contributed by atoms with Crippen LogP contribution in [0.5, 0.6) is 0 Å². The van der Waals surface area contributed by atoms with Crippen LogP contribution in [-0.2, 0) is 4.79 Å². The lowest BCUT2D eigenvalue weighted by molar-refractivity contribution is -0.142. The maximum absolute atomic E-state index is 12.5. The minimum Gasteiger partial charge on any atom is -0.393 e. The van der Waals surface area contributed by atoms with Crippen molar-refractivity contribution in [2.75, 3.05) is 24.5 Å². The highest BCUT2D eigenvalue weighted by Gasteiger charge is 2.43. The molecule has 5 nitrogen and oxygen atoms in total. The van der Waals surface area contributed by atoms with Crippen LogP contribution in [0, 0.1) is 5.41 Å². The van der Waals surface area contributed by atoms with E-state index in [1.807, 2.05) is 12.1 Å². The summed E-state index contributed by atoms with van der Waals surface area (Å²) in [7, 11) is 0. The molecule has 0 unspecified atom stereocenters. The standard InChI is InChI=1S/C20H28ClN3O2/c21-15-1-6-18(22-13-15)23-11-9-20(10-12-23)8-7-19(26)24(14-20)16-2-4-17(25)5-3-16/h1,6,13,16-17,25H,2-5,7-12,14H2. The average molecular weight is 378 g/mol. The van der Waals surface area contributed by atoms with Gasteiger partial charge in [-0.3, -0.25) is 4.79 Å². The third-order valence-electron chi connectivity index (χ3n) is 6.66. The fraction of sp³-hybridized carbons (Fsp3) is 0.700. The second-order valence-corrected chi connectivity index (χ2v) is 8.74. The van der Waals surface area contributed by atoms with Crippen LogP contribution in [0.3, 0.4) is 0 Å². The van der Waals surface area contributed by atoms with Gasteiger partial charge in [0.1, 0.15) is 5.82 Å². The number of carbonyl (C=O) groups excluding carboxylic acids is 1. The average Bonchev–Trinajstić information content (AvgIpc) is 2.66. The Labute approximate surface area is 160 Å². The topological polar surface area (TPSA) is 56.7 Å². The summed E-state index contributed by atoms with van der Waals surface area (Å²) in [5, 5.41) is 10.4. The summed E-state index contributed by atoms with van der Waals surface area (Å²) in [5.74, 6) is 1.31. The van der Waals surface area contributed by atoms with Crippen LogP contribution in [0.2, 0.25) is 5.02 Å². The van der Waals surface area contributed by atoms with Gasteiger partial charge < -0.3 is 14.9 Å². The molecule has 6 heteroatoms. The van der Waals surface area contributed by atoms with E-state index in [1.54, 1.807) is 6.20 Å². The van der Waals surface area contributed by atoms with Crippen LogP contribution in [0.25, 0.3) is 0 Å². The maximum atomic E-state index is 12.5. The normalized spacial score (nSPS) is 29.2. The number of amides is 1. The number of piperidine rings is 2. The molecule has 0 bridgehead atoms. The zero-order chi connectivity index (χ0) is 18.1. The molecule has 1 spiro atoms. The lowest BCUT2D eigenvalue weighted by atomic mass is 9.71. The van der Waals surface area contributed by atoms with Crippen molar-refractivity contribution in [1.29, 1.82) is 0 Å². The molecule has 0 radical (unpaired) electrons. The van der Waals surface area contributed by atoms with Crippen LogP contribution in [0.4, 0.5) is 5.82 Å². The third-order valence-corrected chi connectivity index (χ3v) is 6.89. The molecule has 26 heavy (non-hydrogen) atoms. The number of rotatable bonds is 2. The highest BCUT2D eigenvalue weighted by molar-refractivity contribution is 6.30. The molecule has 4 rings (SSSR count). The summed E-state index contributed by atoms with van der Waals surface area (Å²) in [6.45, 7) is 2.87. The second kappa shape index (κ2) is 7.35. The molecule has 2 aliphatic heterocycles. The molecule has 2 saturated heterocycles. The summed E-state index contributed by atoms with van der Waals surface area (Å²) in [5.41, 5.74) is 0.257. The summed E-state index contributed by atoms with van der Waals surface area (Å²) >= 11 is 5.95. The SMILES string of the molecule is O=C1CCC2(CCN(c3ccc(Cl)cn3)CC2)CN1C1CCC(O)CC1. The van der Waals surface area contributed by atoms with E-state index in [9.17, 15) is 9.90 Å². The molecule has 1 aromatic heterocycles. The zero-order valence-electron chi connectivity index (χ0n) is 15.2. The van der Waals surface area contributed by atoms with E-state index in [0.717, 1.165) is 70.4 Å². The quantitative estimate of drug-likeness (QED) is 0.859. The number of hydrogen-bond donors (Lipinski definition) is 1. The van der Waals surface area contributed by atoms with E-state index in [0.29, 0.717) is 23.4 Å². The first kappa shape index (κ1) is 18.1. The molecule has 0 aromatic carbocycles. The number of carbonyl (C=O) groups is 1. The summed E-state index contributed by atoms with van der Waals surface area (Å²) in [6.07, 6.45) is 9.00. The lowest BCUT2D eigenvalue weighted by Gasteiger charge is -2.50. The van der Waals surface area contributed by atoms with Crippen LogP contribution in [0.15, 0.2) is 18.3 Å². The number of halogens is 1. The van der Waals surface area contributed by atoms with Gasteiger partial charge in [0.15, 0.2) is 0 Å². The molecular weight excluding hydrogens is 350 g/mol. The van der Waals surface area contributed by atoms with Crippen molar-refractivity contribution in [3.63, 3.8) is 0 Å². The Morgan fingerprint density at radius 2 is 1.85 bits per heavy atom. The Bertz CT molecular complexity index is 635. The van der Waals surface area contributed by atoms with Gasteiger partial charge in [0.25, 0.3) is 0 Å². The minimum absolute atomic E-state index is 0.171. The van der Waals surface area contributed by atoms with E-state index >= 15 is 0 Å². The Hall–Kier alpha value is -1.33. The Morgan fingerprint density at radius 1 is 1.12 bits per heavy atom. The Balaban J connectivity index is 1.40. The molecule has 0 atom stereocenters. The molecule has 142 valence electrons. The molecule has 1 aromatic rings. The van der Waals surface area contributed by atoms with Crippen LogP contribution in [-0.4, -0.2) is 52.7 Å². The number of pyridine rings is 1. The summed E-state index contributed by atoms with van der Waals surface area (Å²) < 4.78 is 0. The number of aromatic nitrogens is 1. The first-order valence-electron chi connectivity index (χ1n) is 9.89. The van der Waals surface area contributed by atoms with Gasteiger partial charge in [-0.15, -0.1) is 0 Å². The van der Waals surface area contributed by atoms with E-state index in [1.165, 1.54) is 0 Å². The highest BCUT2D eigenvalue weighted by atomic mass is 35.5. The summed E-state index contributed by atoms with van der Waals surface area (Å²) in [4.78, 5) is 21.5. The monoisotopic (exact) mass is 377 g/mol. The first-order valence-corrected chi connectivity index (χ1v) is 10.3. The zero-order valence-corrected chi connectivity index (χ0v) is 16.0. The van der Waals surface area contributed by atoms with Gasteiger partial charge in [-0.05, 0) is 62.5 Å². The largest absolute Gasteiger partial charge is 0.393 e. The molecular formula is C20H28ClN3O2. The van der Waals surface area contributed by atoms with Crippen molar-refractivity contribution >= 4 is 23.3 Å². The van der Waals surface area contributed by atoms with Gasteiger partial charge in [-0.1, -0.05) is 11.6 Å². The maximum Gasteiger partial charge on any atom is 0.222 e. The highest BCUT2D eigenvalue weighted by Crippen LogP contribution is 2.42. The number of aliphatic hydroxyl groups excluding tert-OH is 1. The molecule has 1 amide bonds. The Kier molecular flexibility index (Phi) is 5.11. The Morgan fingerprint density at radius 3 is 2.50 bits per heavy atom. The number of anilines is 1. The van der Waals surface area contributed by atoms with E-state index in [4.69, 9.17) is 11.6 Å². The van der Waals surface area contributed by atoms with Crippen LogP contribution in [0.1, 0.15) is 51.4 Å². The van der Waals surface area contributed by atoms with Gasteiger partial charge in [0, 0.05) is 38.3 Å². The predicted octanol–water partition coefficient (Wildman–Crippen LogP) is 3.25. The third kappa shape index (κ3) is 3.70. The van der Waals surface area contributed by atoms with Crippen LogP contribution < -0.4 is 4.90 Å². The first-order chi connectivity index (χ1) is 12.5. The molecule has 1 N–H and O–H groups in total. The van der Waals surface area contributed by atoms with Crippen LogP contribution >= 0.6 is 11.6 Å². The van der Waals surface area contributed by atoms with E-state index in [2.05, 4.69) is 14.8 Å². The van der Waals surface area contributed by atoms with Gasteiger partial charge >= 0.3 is 0 Å². The molecule has 3 aliphatic rings. The van der Waals surface area contributed by atoms with Crippen molar-refractivity contribution in [3.8, 4) is 0 Å². The van der Waals surface area contributed by atoms with Crippen molar-refractivity contribution in [1.82, 2.24) is 9.88 Å². The second-order valence-electron chi connectivity index (χ2n) is 8.31. The van der Waals surface area contributed by atoms with Crippen molar-refractivity contribution in [3.05, 3.63) is 23.4 Å². The van der Waals surface area contributed by atoms with Crippen molar-refractivity contribution in [2.45, 2.75) is 63.5 Å². The fourth-order valence-electron chi connectivity index (χ4n) is 4.92. The number of aliphatic hydroxyl groups is 1. The molecule has 3 fully saturated rings. The number of nitrogens with zero attached hydrogens (tertiary/aromatic N) is 3. The number of likely N-dealkylation sites (tertiary alicyclic amines) is 1. The van der Waals surface area contributed by atoms with Gasteiger partial charge in [-0.2, -0.15) is 0 Å². The predicted molar refractivity (Wildman–Crippen MR) is 102 cm³/mol. The molecule has 3 heterocycles. The van der Waals surface area contributed by atoms with Crippen molar-refractivity contribution in [2.24, 2.45) is 5.41 Å². The lowest BCUT2D eigenvalue weighted by Crippen LogP contribution is -2.55. The molecule has 1 saturated carbocycles. The fourth-order valence-corrected chi connectivity index (χ4v) is 5.03. The van der Waals surface area contributed by atoms with Gasteiger partial charge in [0.05, 0.1) is 11.1 Å². The van der Waals surface area contributed by atoms with Gasteiger partial charge in [-0.25, -0.2) is 4.98 Å². The van der Waals surface area contributed by atoms with E-state index in [-0.39, 0.29) is 11.5 Å². The number of hydrogen-bond acceptors (Lipinski definition) is 4. The minimum atomic E-state index is -0.171. The van der Waals surface area contributed by atoms with E-state index < -0.39 is 0 Å². The van der Waals surface area contributed by atoms with Crippen molar-refractivity contribution < 1.29 is 9.90 Å². The summed E-state index contributed by atoms with van der Waals surface area (Å²) in [6, 6.07) is 4.22. The smallest absolute Gasteiger partial charge is 0.222 e.